The van der Waals surface area contributed by atoms with Gasteiger partial charge >= 0.3 is 0 Å². The molecule has 1 aliphatic rings. The first-order valence-corrected chi connectivity index (χ1v) is 7.13. The molecule has 0 aliphatic carbocycles. The van der Waals surface area contributed by atoms with Gasteiger partial charge in [0.15, 0.2) is 0 Å². The monoisotopic (exact) mass is 333 g/mol. The number of benzene rings is 1. The standard InChI is InChI=1S/C11H12INOS/c12-9-3-1-8(2-4-9)11(14)13-10-5-6-15-7-10/h1-4,10H,5-7H2,(H,13,14). The number of hydrogen-bond acceptors (Lipinski definition) is 2. The number of carbonyl (C=O) groups excluding carboxylic acids is 1. The third-order valence-corrected chi connectivity index (χ3v) is 4.25. The van der Waals surface area contributed by atoms with Crippen LogP contribution in [-0.2, 0) is 0 Å². The molecule has 1 saturated heterocycles. The van der Waals surface area contributed by atoms with Crippen LogP contribution in [0.15, 0.2) is 24.3 Å². The Labute approximate surface area is 107 Å². The lowest BCUT2D eigenvalue weighted by molar-refractivity contribution is 0.0941. The first-order chi connectivity index (χ1) is 7.25. The molecule has 1 amide bonds. The van der Waals surface area contributed by atoms with Crippen molar-refractivity contribution < 1.29 is 4.79 Å². The Morgan fingerprint density at radius 1 is 1.40 bits per heavy atom. The molecule has 1 aromatic rings. The maximum absolute atomic E-state index is 11.8. The van der Waals surface area contributed by atoms with Gasteiger partial charge in [0.05, 0.1) is 0 Å². The molecule has 0 radical (unpaired) electrons. The second kappa shape index (κ2) is 5.21. The van der Waals surface area contributed by atoms with Gasteiger partial charge in [-0.3, -0.25) is 4.79 Å². The van der Waals surface area contributed by atoms with Crippen LogP contribution in [0, 0.1) is 3.57 Å². The highest BCUT2D eigenvalue weighted by Gasteiger charge is 2.17. The van der Waals surface area contributed by atoms with Crippen LogP contribution in [0.5, 0.6) is 0 Å². The second-order valence-corrected chi connectivity index (χ2v) is 5.94. The summed E-state index contributed by atoms with van der Waals surface area (Å²) in [5.41, 5.74) is 0.757. The molecular weight excluding hydrogens is 321 g/mol. The van der Waals surface area contributed by atoms with Crippen LogP contribution in [0.25, 0.3) is 0 Å². The molecule has 1 aromatic carbocycles. The van der Waals surface area contributed by atoms with E-state index in [9.17, 15) is 4.79 Å². The first kappa shape index (κ1) is 11.3. The van der Waals surface area contributed by atoms with Crippen molar-refractivity contribution in [2.45, 2.75) is 12.5 Å². The quantitative estimate of drug-likeness (QED) is 0.843. The lowest BCUT2D eigenvalue weighted by atomic mass is 10.2. The van der Waals surface area contributed by atoms with E-state index in [2.05, 4.69) is 27.9 Å². The van der Waals surface area contributed by atoms with Crippen molar-refractivity contribution in [3.8, 4) is 0 Å². The molecular formula is C11H12INOS. The van der Waals surface area contributed by atoms with E-state index in [0.29, 0.717) is 6.04 Å². The fraction of sp³-hybridized carbons (Fsp3) is 0.364. The Kier molecular flexibility index (Phi) is 3.91. The average molecular weight is 333 g/mol. The molecule has 1 unspecified atom stereocenters. The van der Waals surface area contributed by atoms with Crippen LogP contribution in [0.4, 0.5) is 0 Å². The van der Waals surface area contributed by atoms with Gasteiger partial charge < -0.3 is 5.32 Å². The van der Waals surface area contributed by atoms with Crippen molar-refractivity contribution in [2.24, 2.45) is 0 Å². The van der Waals surface area contributed by atoms with Crippen molar-refractivity contribution in [3.05, 3.63) is 33.4 Å². The summed E-state index contributed by atoms with van der Waals surface area (Å²) in [6.45, 7) is 0. The van der Waals surface area contributed by atoms with Crippen molar-refractivity contribution in [1.29, 1.82) is 0 Å². The van der Waals surface area contributed by atoms with Gasteiger partial charge in [-0.05, 0) is 59.0 Å². The maximum atomic E-state index is 11.8. The minimum atomic E-state index is 0.0545. The fourth-order valence-corrected chi connectivity index (χ4v) is 3.03. The van der Waals surface area contributed by atoms with Crippen molar-refractivity contribution in [1.82, 2.24) is 5.32 Å². The van der Waals surface area contributed by atoms with Crippen LogP contribution in [0.3, 0.4) is 0 Å². The van der Waals surface area contributed by atoms with Gasteiger partial charge in [-0.25, -0.2) is 0 Å². The number of carbonyl (C=O) groups is 1. The normalized spacial score (nSPS) is 20.2. The number of rotatable bonds is 2. The summed E-state index contributed by atoms with van der Waals surface area (Å²) in [5.74, 6) is 2.27. The molecule has 0 saturated carbocycles. The average Bonchev–Trinajstić information content (AvgIpc) is 2.71. The Morgan fingerprint density at radius 2 is 2.13 bits per heavy atom. The van der Waals surface area contributed by atoms with Crippen LogP contribution < -0.4 is 5.32 Å². The van der Waals surface area contributed by atoms with E-state index in [1.165, 1.54) is 0 Å². The van der Waals surface area contributed by atoms with Gasteiger partial charge in [-0.15, -0.1) is 0 Å². The van der Waals surface area contributed by atoms with E-state index in [1.807, 2.05) is 36.0 Å². The second-order valence-electron chi connectivity index (χ2n) is 3.54. The maximum Gasteiger partial charge on any atom is 0.251 e. The molecule has 15 heavy (non-hydrogen) atoms. The summed E-state index contributed by atoms with van der Waals surface area (Å²) in [4.78, 5) is 11.8. The number of amides is 1. The molecule has 0 aromatic heterocycles. The zero-order chi connectivity index (χ0) is 10.7. The molecule has 80 valence electrons. The lowest BCUT2D eigenvalue weighted by Gasteiger charge is -2.10. The zero-order valence-corrected chi connectivity index (χ0v) is 11.2. The highest BCUT2D eigenvalue weighted by atomic mass is 127. The summed E-state index contributed by atoms with van der Waals surface area (Å²) in [7, 11) is 0. The van der Waals surface area contributed by atoms with E-state index in [-0.39, 0.29) is 5.91 Å². The minimum Gasteiger partial charge on any atom is -0.348 e. The Hall–Kier alpha value is -0.230. The predicted molar refractivity (Wildman–Crippen MR) is 72.4 cm³/mol. The molecule has 0 spiro atoms. The topological polar surface area (TPSA) is 29.1 Å². The largest absolute Gasteiger partial charge is 0.348 e. The highest BCUT2D eigenvalue weighted by molar-refractivity contribution is 14.1. The summed E-state index contributed by atoms with van der Waals surface area (Å²) in [6, 6.07) is 8.03. The Morgan fingerprint density at radius 3 is 2.73 bits per heavy atom. The number of thioether (sulfide) groups is 1. The third-order valence-electron chi connectivity index (χ3n) is 2.37. The lowest BCUT2D eigenvalue weighted by Crippen LogP contribution is -2.34. The van der Waals surface area contributed by atoms with Gasteiger partial charge in [-0.1, -0.05) is 0 Å². The fourth-order valence-electron chi connectivity index (χ4n) is 1.52. The number of hydrogen-bond donors (Lipinski definition) is 1. The molecule has 1 fully saturated rings. The molecule has 1 atom stereocenters. The van der Waals surface area contributed by atoms with Gasteiger partial charge in [-0.2, -0.15) is 11.8 Å². The van der Waals surface area contributed by atoms with Crippen LogP contribution in [0.1, 0.15) is 16.8 Å². The van der Waals surface area contributed by atoms with Crippen molar-refractivity contribution in [3.63, 3.8) is 0 Å². The smallest absolute Gasteiger partial charge is 0.251 e. The number of nitrogens with one attached hydrogen (secondary N) is 1. The molecule has 0 bridgehead atoms. The summed E-state index contributed by atoms with van der Waals surface area (Å²) in [5, 5.41) is 3.05. The van der Waals surface area contributed by atoms with Gasteiger partial charge in [0.1, 0.15) is 0 Å². The van der Waals surface area contributed by atoms with Gasteiger partial charge in [0.25, 0.3) is 5.91 Å². The summed E-state index contributed by atoms with van der Waals surface area (Å²) >= 11 is 4.14. The zero-order valence-electron chi connectivity index (χ0n) is 8.20. The van der Waals surface area contributed by atoms with E-state index < -0.39 is 0 Å². The molecule has 2 rings (SSSR count). The SMILES string of the molecule is O=C(NC1CCSC1)c1ccc(I)cc1. The Bertz CT molecular complexity index is 346. The van der Waals surface area contributed by atoms with Gasteiger partial charge in [0.2, 0.25) is 0 Å². The summed E-state index contributed by atoms with van der Waals surface area (Å²) < 4.78 is 1.15. The van der Waals surface area contributed by atoms with E-state index in [1.54, 1.807) is 0 Å². The van der Waals surface area contributed by atoms with Crippen LogP contribution in [0.2, 0.25) is 0 Å². The summed E-state index contributed by atoms with van der Waals surface area (Å²) in [6.07, 6.45) is 1.10. The van der Waals surface area contributed by atoms with E-state index in [4.69, 9.17) is 0 Å². The van der Waals surface area contributed by atoms with Crippen LogP contribution in [-0.4, -0.2) is 23.5 Å². The van der Waals surface area contributed by atoms with Gasteiger partial charge in [0, 0.05) is 20.9 Å². The Balaban J connectivity index is 1.98. The minimum absolute atomic E-state index is 0.0545. The van der Waals surface area contributed by atoms with Crippen molar-refractivity contribution in [2.75, 3.05) is 11.5 Å². The molecule has 2 nitrogen and oxygen atoms in total. The van der Waals surface area contributed by atoms with Crippen LogP contribution >= 0.6 is 34.4 Å². The van der Waals surface area contributed by atoms with Crippen molar-refractivity contribution >= 4 is 40.3 Å². The molecule has 4 heteroatoms. The molecule has 1 N–H and O–H groups in total. The highest BCUT2D eigenvalue weighted by Crippen LogP contribution is 2.17. The number of halogens is 1. The van der Waals surface area contributed by atoms with E-state index >= 15 is 0 Å². The predicted octanol–water partition coefficient (Wildman–Crippen LogP) is 2.53. The molecule has 1 aliphatic heterocycles. The third kappa shape index (κ3) is 3.11. The first-order valence-electron chi connectivity index (χ1n) is 4.90. The molecule has 1 heterocycles. The van der Waals surface area contributed by atoms with E-state index in [0.717, 1.165) is 27.1 Å².